The van der Waals surface area contributed by atoms with E-state index >= 15 is 0 Å². The third-order valence-electron chi connectivity index (χ3n) is 5.82. The summed E-state index contributed by atoms with van der Waals surface area (Å²) < 4.78 is 27.9. The molecule has 2 unspecified atom stereocenters. The van der Waals surface area contributed by atoms with Gasteiger partial charge in [0.25, 0.3) is 0 Å². The highest BCUT2D eigenvalue weighted by atomic mass is 32.2. The highest BCUT2D eigenvalue weighted by Gasteiger charge is 2.26. The SMILES string of the molecule is CCC(C)NC(=O)Nc1cccc(-c2ccc(CC(NS(=O)(=O)c3ccccc3C)C(=O)O)cc2)c1. The molecule has 0 saturated carbocycles. The van der Waals surface area contributed by atoms with Gasteiger partial charge in [0.15, 0.2) is 0 Å². The lowest BCUT2D eigenvalue weighted by Gasteiger charge is -2.16. The molecule has 0 bridgehead atoms. The van der Waals surface area contributed by atoms with Gasteiger partial charge in [0.2, 0.25) is 10.0 Å². The molecule has 190 valence electrons. The predicted molar refractivity (Wildman–Crippen MR) is 140 cm³/mol. The van der Waals surface area contributed by atoms with Crippen LogP contribution in [0, 0.1) is 6.92 Å². The number of hydrogen-bond donors (Lipinski definition) is 4. The number of aryl methyl sites for hydroxylation is 1. The Kier molecular flexibility index (Phi) is 8.84. The number of urea groups is 1. The van der Waals surface area contributed by atoms with Crippen LogP contribution in [0.4, 0.5) is 10.5 Å². The highest BCUT2D eigenvalue weighted by Crippen LogP contribution is 2.24. The van der Waals surface area contributed by atoms with Gasteiger partial charge in [-0.2, -0.15) is 4.72 Å². The van der Waals surface area contributed by atoms with Gasteiger partial charge >= 0.3 is 12.0 Å². The minimum absolute atomic E-state index is 0.0158. The van der Waals surface area contributed by atoms with Crippen LogP contribution in [0.2, 0.25) is 0 Å². The predicted octanol–water partition coefficient (Wildman–Crippen LogP) is 4.56. The number of rotatable bonds is 10. The van der Waals surface area contributed by atoms with Crippen molar-refractivity contribution in [1.29, 1.82) is 0 Å². The molecule has 3 aromatic rings. The van der Waals surface area contributed by atoms with E-state index in [9.17, 15) is 23.1 Å². The van der Waals surface area contributed by atoms with E-state index in [2.05, 4.69) is 15.4 Å². The number of sulfonamides is 1. The smallest absolute Gasteiger partial charge is 0.322 e. The average Bonchev–Trinajstić information content (AvgIpc) is 2.84. The van der Waals surface area contributed by atoms with E-state index in [1.165, 1.54) is 6.07 Å². The van der Waals surface area contributed by atoms with E-state index in [4.69, 9.17) is 0 Å². The second-order valence-corrected chi connectivity index (χ2v) is 10.3. The third kappa shape index (κ3) is 7.16. The number of nitrogens with one attached hydrogen (secondary N) is 3. The van der Waals surface area contributed by atoms with Crippen LogP contribution >= 0.6 is 0 Å². The summed E-state index contributed by atoms with van der Waals surface area (Å²) >= 11 is 0. The van der Waals surface area contributed by atoms with Gasteiger partial charge < -0.3 is 15.7 Å². The van der Waals surface area contributed by atoms with Crippen molar-refractivity contribution in [2.45, 2.75) is 50.6 Å². The van der Waals surface area contributed by atoms with Crippen molar-refractivity contribution in [2.75, 3.05) is 5.32 Å². The van der Waals surface area contributed by atoms with Crippen molar-refractivity contribution in [3.63, 3.8) is 0 Å². The molecule has 0 fully saturated rings. The maximum absolute atomic E-state index is 12.8. The molecule has 0 heterocycles. The van der Waals surface area contributed by atoms with E-state index < -0.39 is 22.0 Å². The molecule has 0 saturated heterocycles. The number of carbonyl (C=O) groups excluding carboxylic acids is 1. The highest BCUT2D eigenvalue weighted by molar-refractivity contribution is 7.89. The van der Waals surface area contributed by atoms with Crippen molar-refractivity contribution in [3.8, 4) is 11.1 Å². The number of hydrogen-bond acceptors (Lipinski definition) is 4. The Hall–Kier alpha value is -3.69. The Morgan fingerprint density at radius 2 is 1.64 bits per heavy atom. The van der Waals surface area contributed by atoms with Crippen molar-refractivity contribution in [3.05, 3.63) is 83.9 Å². The molecule has 0 aromatic heterocycles. The lowest BCUT2D eigenvalue weighted by Crippen LogP contribution is -2.42. The first-order chi connectivity index (χ1) is 17.1. The fourth-order valence-electron chi connectivity index (χ4n) is 3.63. The molecule has 0 aliphatic rings. The Morgan fingerprint density at radius 1 is 0.944 bits per heavy atom. The Labute approximate surface area is 211 Å². The summed E-state index contributed by atoms with van der Waals surface area (Å²) in [7, 11) is -4.00. The number of anilines is 1. The molecule has 3 aromatic carbocycles. The summed E-state index contributed by atoms with van der Waals surface area (Å²) in [4.78, 5) is 24.0. The van der Waals surface area contributed by atoms with Gasteiger partial charge in [-0.3, -0.25) is 4.79 Å². The molecule has 0 aliphatic carbocycles. The molecule has 36 heavy (non-hydrogen) atoms. The van der Waals surface area contributed by atoms with Crippen molar-refractivity contribution < 1.29 is 23.1 Å². The summed E-state index contributed by atoms with van der Waals surface area (Å²) in [6.07, 6.45) is 0.813. The first-order valence-corrected chi connectivity index (χ1v) is 13.1. The molecule has 2 amide bonds. The van der Waals surface area contributed by atoms with E-state index in [1.807, 2.05) is 44.2 Å². The van der Waals surface area contributed by atoms with Crippen molar-refractivity contribution >= 4 is 27.7 Å². The van der Waals surface area contributed by atoms with Crippen LogP contribution in [-0.2, 0) is 21.2 Å². The Morgan fingerprint density at radius 3 is 2.28 bits per heavy atom. The summed E-state index contributed by atoms with van der Waals surface area (Å²) in [6.45, 7) is 5.58. The zero-order valence-electron chi connectivity index (χ0n) is 20.5. The maximum Gasteiger partial charge on any atom is 0.322 e. The number of amides is 2. The van der Waals surface area contributed by atoms with Crippen LogP contribution < -0.4 is 15.4 Å². The summed E-state index contributed by atoms with van der Waals surface area (Å²) in [5, 5.41) is 15.3. The minimum Gasteiger partial charge on any atom is -0.480 e. The van der Waals surface area contributed by atoms with Gasteiger partial charge in [-0.1, -0.05) is 61.5 Å². The number of carbonyl (C=O) groups is 2. The van der Waals surface area contributed by atoms with Crippen LogP contribution in [-0.4, -0.2) is 37.6 Å². The zero-order chi connectivity index (χ0) is 26.3. The normalized spacial score (nSPS) is 13.0. The first kappa shape index (κ1) is 26.9. The van der Waals surface area contributed by atoms with E-state index in [0.29, 0.717) is 16.8 Å². The average molecular weight is 510 g/mol. The summed E-state index contributed by atoms with van der Waals surface area (Å²) in [6, 6.07) is 19.5. The molecule has 0 radical (unpaired) electrons. The maximum atomic E-state index is 12.8. The van der Waals surface area contributed by atoms with Gasteiger partial charge in [-0.25, -0.2) is 13.2 Å². The second kappa shape index (κ2) is 11.8. The quantitative estimate of drug-likeness (QED) is 0.319. The van der Waals surface area contributed by atoms with Gasteiger partial charge in [-0.05, 0) is 67.1 Å². The van der Waals surface area contributed by atoms with Crippen LogP contribution in [0.5, 0.6) is 0 Å². The van der Waals surface area contributed by atoms with E-state index in [0.717, 1.165) is 17.5 Å². The summed E-state index contributed by atoms with van der Waals surface area (Å²) in [5.74, 6) is -1.26. The molecule has 0 spiro atoms. The minimum atomic E-state index is -4.00. The topological polar surface area (TPSA) is 125 Å². The largest absolute Gasteiger partial charge is 0.480 e. The van der Waals surface area contributed by atoms with Crippen LogP contribution in [0.1, 0.15) is 31.4 Å². The van der Waals surface area contributed by atoms with E-state index in [1.54, 1.807) is 43.3 Å². The van der Waals surface area contributed by atoms with Crippen LogP contribution in [0.3, 0.4) is 0 Å². The molecule has 8 nitrogen and oxygen atoms in total. The molecule has 4 N–H and O–H groups in total. The molecular weight excluding hydrogens is 478 g/mol. The van der Waals surface area contributed by atoms with Gasteiger partial charge in [-0.15, -0.1) is 0 Å². The monoisotopic (exact) mass is 509 g/mol. The third-order valence-corrected chi connectivity index (χ3v) is 7.45. The number of aliphatic carboxylic acids is 1. The second-order valence-electron chi connectivity index (χ2n) is 8.67. The first-order valence-electron chi connectivity index (χ1n) is 11.7. The van der Waals surface area contributed by atoms with Crippen molar-refractivity contribution in [2.24, 2.45) is 0 Å². The van der Waals surface area contributed by atoms with Gasteiger partial charge in [0.05, 0.1) is 4.90 Å². The molecular formula is C27H31N3O5S. The standard InChI is InChI=1S/C27H31N3O5S/c1-4-19(3)28-27(33)29-23-10-7-9-22(17-23)21-14-12-20(13-15-21)16-24(26(31)32)30-36(34,35)25-11-6-5-8-18(25)2/h5-15,17,19,24,30H,4,16H2,1-3H3,(H,31,32)(H2,28,29,33). The van der Waals surface area contributed by atoms with Gasteiger partial charge in [0.1, 0.15) is 6.04 Å². The van der Waals surface area contributed by atoms with Crippen LogP contribution in [0.15, 0.2) is 77.7 Å². The molecule has 0 aliphatic heterocycles. The lowest BCUT2D eigenvalue weighted by atomic mass is 10.0. The molecule has 3 rings (SSSR count). The fraction of sp³-hybridized carbons (Fsp3) is 0.259. The Bertz CT molecular complexity index is 1320. The van der Waals surface area contributed by atoms with Gasteiger partial charge in [0, 0.05) is 11.7 Å². The fourth-order valence-corrected chi connectivity index (χ4v) is 5.06. The van der Waals surface area contributed by atoms with E-state index in [-0.39, 0.29) is 23.4 Å². The summed E-state index contributed by atoms with van der Waals surface area (Å²) in [5.41, 5.74) is 3.59. The lowest BCUT2D eigenvalue weighted by molar-refractivity contribution is -0.138. The van der Waals surface area contributed by atoms with Crippen LogP contribution in [0.25, 0.3) is 11.1 Å². The zero-order valence-corrected chi connectivity index (χ0v) is 21.3. The molecule has 2 atom stereocenters. The Balaban J connectivity index is 1.72. The van der Waals surface area contributed by atoms with Crippen molar-refractivity contribution in [1.82, 2.24) is 10.0 Å². The number of carboxylic acid groups (broad SMARTS) is 1. The molecule has 9 heteroatoms. The number of carboxylic acids is 1. The number of benzene rings is 3.